The normalized spacial score (nSPS) is 16.9. The van der Waals surface area contributed by atoms with Gasteiger partial charge in [0, 0.05) is 56.2 Å². The molecule has 1 aliphatic heterocycles. The number of hydrogen-bond acceptors (Lipinski definition) is 5. The van der Waals surface area contributed by atoms with Crippen LogP contribution in [0.3, 0.4) is 0 Å². The van der Waals surface area contributed by atoms with Crippen LogP contribution in [0.1, 0.15) is 56.0 Å². The Bertz CT molecular complexity index is 1170. The molecular formula is C31H40FN3O5. The van der Waals surface area contributed by atoms with Crippen molar-refractivity contribution in [3.63, 3.8) is 0 Å². The molecule has 1 N–H and O–H groups in total. The Morgan fingerprint density at radius 3 is 2.17 bits per heavy atom. The molecule has 1 aliphatic carbocycles. The predicted molar refractivity (Wildman–Crippen MR) is 150 cm³/mol. The van der Waals surface area contributed by atoms with Crippen molar-refractivity contribution in [1.29, 1.82) is 0 Å². The zero-order valence-electron chi connectivity index (χ0n) is 23.6. The van der Waals surface area contributed by atoms with Crippen LogP contribution in [-0.2, 0) is 11.2 Å². The van der Waals surface area contributed by atoms with Gasteiger partial charge in [-0.1, -0.05) is 12.1 Å². The molecule has 1 atom stereocenters. The zero-order chi connectivity index (χ0) is 28.9. The second kappa shape index (κ2) is 12.8. The van der Waals surface area contributed by atoms with Crippen molar-refractivity contribution in [2.45, 2.75) is 58.0 Å². The van der Waals surface area contributed by atoms with Crippen molar-refractivity contribution in [2.75, 3.05) is 39.3 Å². The largest absolute Gasteiger partial charge is 0.494 e. The topological polar surface area (TPSA) is 90.4 Å². The summed E-state index contributed by atoms with van der Waals surface area (Å²) in [4.78, 5) is 43.3. The average molecular weight is 554 g/mol. The number of rotatable bonds is 11. The van der Waals surface area contributed by atoms with Crippen LogP contribution in [0.2, 0.25) is 0 Å². The predicted octanol–water partition coefficient (Wildman–Crippen LogP) is 4.72. The highest BCUT2D eigenvalue weighted by molar-refractivity contribution is 5.99. The first-order chi connectivity index (χ1) is 19.0. The van der Waals surface area contributed by atoms with Gasteiger partial charge >= 0.3 is 6.09 Å². The van der Waals surface area contributed by atoms with Gasteiger partial charge in [0.2, 0.25) is 5.91 Å². The number of ether oxygens (including phenoxy) is 1. The fourth-order valence-corrected chi connectivity index (χ4v) is 5.20. The maximum atomic E-state index is 13.7. The molecule has 9 heteroatoms. The average Bonchev–Trinajstić information content (AvgIpc) is 3.77. The summed E-state index contributed by atoms with van der Waals surface area (Å²) < 4.78 is 19.3. The van der Waals surface area contributed by atoms with Crippen molar-refractivity contribution >= 4 is 17.8 Å². The Morgan fingerprint density at radius 2 is 1.62 bits per heavy atom. The van der Waals surface area contributed by atoms with Gasteiger partial charge in [0.25, 0.3) is 0 Å². The summed E-state index contributed by atoms with van der Waals surface area (Å²) in [5.41, 5.74) is 0.662. The number of carbonyl (C=O) groups excluding carboxylic acids is 2. The third kappa shape index (κ3) is 7.81. The molecule has 4 rings (SSSR count). The van der Waals surface area contributed by atoms with E-state index >= 15 is 0 Å². The monoisotopic (exact) mass is 553 g/mol. The van der Waals surface area contributed by atoms with E-state index < -0.39 is 17.7 Å². The number of hydrogen-bond donors (Lipinski definition) is 1. The molecular weight excluding hydrogens is 513 g/mol. The first-order valence-corrected chi connectivity index (χ1v) is 14.1. The van der Waals surface area contributed by atoms with Gasteiger partial charge in [-0.2, -0.15) is 0 Å². The molecule has 216 valence electrons. The summed E-state index contributed by atoms with van der Waals surface area (Å²) in [7, 11) is 0. The first kappa shape index (κ1) is 29.5. The first-order valence-electron chi connectivity index (χ1n) is 14.1. The lowest BCUT2D eigenvalue weighted by atomic mass is 9.97. The van der Waals surface area contributed by atoms with E-state index in [0.29, 0.717) is 38.3 Å². The van der Waals surface area contributed by atoms with Crippen molar-refractivity contribution in [2.24, 2.45) is 5.92 Å². The van der Waals surface area contributed by atoms with Gasteiger partial charge in [-0.25, -0.2) is 9.18 Å². The Kier molecular flexibility index (Phi) is 9.45. The fraction of sp³-hybridized carbons (Fsp3) is 0.516. The minimum atomic E-state index is -1.16. The number of carbonyl (C=O) groups is 3. The third-order valence-corrected chi connectivity index (χ3v) is 7.53. The molecule has 2 aromatic carbocycles. The molecule has 1 heterocycles. The highest BCUT2D eigenvalue weighted by Crippen LogP contribution is 2.33. The number of halogens is 1. The van der Waals surface area contributed by atoms with Crippen LogP contribution in [-0.4, -0.2) is 88.5 Å². The Hall–Kier alpha value is -3.46. The van der Waals surface area contributed by atoms with Gasteiger partial charge in [-0.3, -0.25) is 19.4 Å². The third-order valence-electron chi connectivity index (χ3n) is 7.53. The van der Waals surface area contributed by atoms with E-state index in [4.69, 9.17) is 4.74 Å². The molecule has 2 aromatic rings. The van der Waals surface area contributed by atoms with E-state index in [-0.39, 0.29) is 29.8 Å². The molecule has 0 radical (unpaired) electrons. The van der Waals surface area contributed by atoms with Crippen molar-refractivity contribution in [3.05, 3.63) is 65.5 Å². The van der Waals surface area contributed by atoms with Gasteiger partial charge in [-0.05, 0) is 82.0 Å². The summed E-state index contributed by atoms with van der Waals surface area (Å²) in [6, 6.07) is 12.3. The molecule has 0 bridgehead atoms. The molecule has 0 unspecified atom stereocenters. The van der Waals surface area contributed by atoms with E-state index in [1.54, 1.807) is 37.8 Å². The second-order valence-corrected chi connectivity index (χ2v) is 11.7. The molecule has 0 aromatic heterocycles. The van der Waals surface area contributed by atoms with Gasteiger partial charge in [0.15, 0.2) is 5.78 Å². The number of nitrogens with zero attached hydrogens (tertiary/aromatic N) is 3. The number of amides is 2. The zero-order valence-corrected chi connectivity index (χ0v) is 23.6. The number of piperazine rings is 1. The number of benzene rings is 2. The molecule has 2 fully saturated rings. The second-order valence-electron chi connectivity index (χ2n) is 11.7. The Labute approximate surface area is 235 Å². The summed E-state index contributed by atoms with van der Waals surface area (Å²) in [6.07, 6.45) is 1.83. The van der Waals surface area contributed by atoms with Gasteiger partial charge < -0.3 is 14.7 Å². The summed E-state index contributed by atoms with van der Waals surface area (Å²) in [6.45, 7) is 9.08. The van der Waals surface area contributed by atoms with Crippen LogP contribution >= 0.6 is 0 Å². The van der Waals surface area contributed by atoms with E-state index in [2.05, 4.69) is 4.90 Å². The van der Waals surface area contributed by atoms with Gasteiger partial charge in [0.05, 0.1) is 6.61 Å². The van der Waals surface area contributed by atoms with Crippen LogP contribution in [0.25, 0.3) is 0 Å². The van der Waals surface area contributed by atoms with E-state index in [9.17, 15) is 23.9 Å². The standard InChI is InChI=1S/C31H40FN3O5/c1-31(2,3)35(30(38)39)27(21-22-5-11-25(32)12-6-22)29(37)34-18-16-33(17-19-34)15-4-20-40-26-13-9-24(10-14-26)28(36)23-7-8-23/h5-6,9-14,23,27H,4,7-8,15-21H2,1-3H3,(H,38,39)/t27-/m1/s1. The minimum Gasteiger partial charge on any atom is -0.494 e. The lowest BCUT2D eigenvalue weighted by Gasteiger charge is -2.42. The minimum absolute atomic E-state index is 0.177. The quantitative estimate of drug-likeness (QED) is 0.320. The van der Waals surface area contributed by atoms with Crippen LogP contribution in [0, 0.1) is 11.7 Å². The highest BCUT2D eigenvalue weighted by atomic mass is 19.1. The fourth-order valence-electron chi connectivity index (χ4n) is 5.20. The number of ketones is 1. The van der Waals surface area contributed by atoms with Crippen molar-refractivity contribution < 1.29 is 28.6 Å². The van der Waals surface area contributed by atoms with Gasteiger partial charge in [0.1, 0.15) is 17.6 Å². The molecule has 0 spiro atoms. The Balaban J connectivity index is 1.27. The summed E-state index contributed by atoms with van der Waals surface area (Å²) >= 11 is 0. The number of Topliss-reactive ketones (excluding diaryl/α,β-unsaturated/α-hetero) is 1. The smallest absolute Gasteiger partial charge is 0.408 e. The molecule has 1 saturated carbocycles. The Morgan fingerprint density at radius 1 is 1.00 bits per heavy atom. The lowest BCUT2D eigenvalue weighted by molar-refractivity contribution is -0.140. The molecule has 8 nitrogen and oxygen atoms in total. The molecule has 40 heavy (non-hydrogen) atoms. The van der Waals surface area contributed by atoms with Gasteiger partial charge in [-0.15, -0.1) is 0 Å². The van der Waals surface area contributed by atoms with Crippen LogP contribution in [0.15, 0.2) is 48.5 Å². The van der Waals surface area contributed by atoms with E-state index in [1.807, 2.05) is 24.3 Å². The number of carboxylic acid groups (broad SMARTS) is 1. The van der Waals surface area contributed by atoms with Crippen LogP contribution in [0.5, 0.6) is 5.75 Å². The van der Waals surface area contributed by atoms with E-state index in [1.165, 1.54) is 17.0 Å². The maximum absolute atomic E-state index is 13.7. The highest BCUT2D eigenvalue weighted by Gasteiger charge is 2.40. The van der Waals surface area contributed by atoms with Crippen LogP contribution in [0.4, 0.5) is 9.18 Å². The molecule has 1 saturated heterocycles. The van der Waals surface area contributed by atoms with Crippen molar-refractivity contribution in [3.8, 4) is 5.75 Å². The summed E-state index contributed by atoms with van der Waals surface area (Å²) in [5, 5.41) is 10.0. The molecule has 2 amide bonds. The van der Waals surface area contributed by atoms with Crippen molar-refractivity contribution in [1.82, 2.24) is 14.7 Å². The summed E-state index contributed by atoms with van der Waals surface area (Å²) in [5.74, 6) is 0.570. The molecule has 2 aliphatic rings. The van der Waals surface area contributed by atoms with E-state index in [0.717, 1.165) is 37.1 Å². The maximum Gasteiger partial charge on any atom is 0.408 e. The lowest BCUT2D eigenvalue weighted by Crippen LogP contribution is -2.60. The SMILES string of the molecule is CC(C)(C)N(C(=O)O)[C@H](Cc1ccc(F)cc1)C(=O)N1CCN(CCCOc2ccc(C(=O)C3CC3)cc2)CC1. The van der Waals surface area contributed by atoms with Crippen LogP contribution < -0.4 is 4.74 Å².